The summed E-state index contributed by atoms with van der Waals surface area (Å²) in [6.45, 7) is 3.38. The molecule has 0 bridgehead atoms. The smallest absolute Gasteiger partial charge is 0.313 e. The number of ketones is 1. The van der Waals surface area contributed by atoms with Crippen LogP contribution in [0.25, 0.3) is 6.08 Å². The Bertz CT molecular complexity index is 550. The van der Waals surface area contributed by atoms with Gasteiger partial charge in [-0.2, -0.15) is 0 Å². The van der Waals surface area contributed by atoms with E-state index in [9.17, 15) is 14.7 Å². The summed E-state index contributed by atoms with van der Waals surface area (Å²) in [4.78, 5) is 23.0. The monoisotopic (exact) mass is 272 g/mol. The normalized spacial score (nSPS) is 18.3. The van der Waals surface area contributed by atoms with E-state index < -0.39 is 11.4 Å². The molecule has 0 aromatic heterocycles. The lowest BCUT2D eigenvalue weighted by atomic mass is 9.84. The van der Waals surface area contributed by atoms with Gasteiger partial charge < -0.3 is 5.11 Å². The van der Waals surface area contributed by atoms with Crippen LogP contribution in [-0.2, 0) is 15.0 Å². The highest BCUT2D eigenvalue weighted by atomic mass is 16.4. The van der Waals surface area contributed by atoms with Crippen LogP contribution in [0.2, 0.25) is 0 Å². The first-order valence-corrected chi connectivity index (χ1v) is 6.99. The van der Waals surface area contributed by atoms with Crippen molar-refractivity contribution in [2.45, 2.75) is 44.9 Å². The summed E-state index contributed by atoms with van der Waals surface area (Å²) >= 11 is 0. The number of hydrogen-bond donors (Lipinski definition) is 1. The van der Waals surface area contributed by atoms with Gasteiger partial charge in [0, 0.05) is 6.42 Å². The van der Waals surface area contributed by atoms with Gasteiger partial charge in [0.05, 0.1) is 5.41 Å². The average Bonchev–Trinajstić information content (AvgIpc) is 2.42. The summed E-state index contributed by atoms with van der Waals surface area (Å²) in [6, 6.07) is 7.42. The zero-order valence-electron chi connectivity index (χ0n) is 12.0. The molecule has 3 heteroatoms. The zero-order valence-corrected chi connectivity index (χ0v) is 12.0. The predicted molar refractivity (Wildman–Crippen MR) is 78.6 cm³/mol. The Labute approximate surface area is 119 Å². The predicted octanol–water partition coefficient (Wildman–Crippen LogP) is 3.58. The van der Waals surface area contributed by atoms with Gasteiger partial charge in [0.2, 0.25) is 0 Å². The van der Waals surface area contributed by atoms with E-state index in [2.05, 4.69) is 0 Å². The van der Waals surface area contributed by atoms with Gasteiger partial charge in [-0.1, -0.05) is 24.3 Å². The Morgan fingerprint density at radius 3 is 2.30 bits per heavy atom. The zero-order chi connectivity index (χ0) is 14.8. The summed E-state index contributed by atoms with van der Waals surface area (Å²) in [5.41, 5.74) is 1.72. The molecule has 0 spiro atoms. The van der Waals surface area contributed by atoms with Crippen molar-refractivity contribution in [1.29, 1.82) is 0 Å². The topological polar surface area (TPSA) is 54.4 Å². The van der Waals surface area contributed by atoms with E-state index in [1.165, 1.54) is 0 Å². The van der Waals surface area contributed by atoms with Gasteiger partial charge in [0.1, 0.15) is 0 Å². The van der Waals surface area contributed by atoms with Crippen molar-refractivity contribution >= 4 is 17.8 Å². The first kappa shape index (κ1) is 14.5. The summed E-state index contributed by atoms with van der Waals surface area (Å²) in [5.74, 6) is -0.600. The minimum atomic E-state index is -0.896. The minimum Gasteiger partial charge on any atom is -0.481 e. The third-order valence-electron chi connectivity index (χ3n) is 3.97. The maximum absolute atomic E-state index is 11.8. The first-order valence-electron chi connectivity index (χ1n) is 6.99. The molecule has 1 fully saturated rings. The molecule has 0 heterocycles. The quantitative estimate of drug-likeness (QED) is 0.856. The SMILES string of the molecule is CC(C)(C(=O)O)c1ccc(/C=C2\CCCCC2=O)cc1. The van der Waals surface area contributed by atoms with E-state index in [4.69, 9.17) is 0 Å². The van der Waals surface area contributed by atoms with Gasteiger partial charge in [-0.25, -0.2) is 0 Å². The second-order valence-corrected chi connectivity index (χ2v) is 5.85. The summed E-state index contributed by atoms with van der Waals surface area (Å²) in [7, 11) is 0. The van der Waals surface area contributed by atoms with Crippen LogP contribution in [0.15, 0.2) is 29.8 Å². The van der Waals surface area contributed by atoms with Crippen molar-refractivity contribution in [1.82, 2.24) is 0 Å². The summed E-state index contributed by atoms with van der Waals surface area (Å²) < 4.78 is 0. The molecule has 106 valence electrons. The molecule has 1 saturated carbocycles. The van der Waals surface area contributed by atoms with Gasteiger partial charge >= 0.3 is 5.97 Å². The number of carbonyl (C=O) groups is 2. The van der Waals surface area contributed by atoms with E-state index in [-0.39, 0.29) is 5.78 Å². The van der Waals surface area contributed by atoms with Crippen molar-refractivity contribution in [3.8, 4) is 0 Å². The standard InChI is InChI=1S/C17H20O3/c1-17(2,16(19)20)14-9-7-12(8-10-14)11-13-5-3-4-6-15(13)18/h7-11H,3-6H2,1-2H3,(H,19,20)/b13-11+. The molecular formula is C17H20O3. The van der Waals surface area contributed by atoms with Crippen molar-refractivity contribution in [2.75, 3.05) is 0 Å². The molecule has 1 aromatic rings. The number of carboxylic acid groups (broad SMARTS) is 1. The van der Waals surface area contributed by atoms with Crippen LogP contribution in [0, 0.1) is 0 Å². The van der Waals surface area contributed by atoms with Crippen LogP contribution in [0.1, 0.15) is 50.7 Å². The molecule has 1 N–H and O–H groups in total. The van der Waals surface area contributed by atoms with Crippen LogP contribution in [0.5, 0.6) is 0 Å². The van der Waals surface area contributed by atoms with Crippen LogP contribution in [-0.4, -0.2) is 16.9 Å². The molecule has 1 aromatic carbocycles. The van der Waals surface area contributed by atoms with E-state index >= 15 is 0 Å². The molecular weight excluding hydrogens is 252 g/mol. The number of allylic oxidation sites excluding steroid dienone is 1. The number of carbonyl (C=O) groups excluding carboxylic acids is 1. The Balaban J connectivity index is 2.22. The second kappa shape index (κ2) is 5.61. The Hall–Kier alpha value is -1.90. The molecule has 0 aliphatic heterocycles. The number of benzene rings is 1. The molecule has 0 amide bonds. The maximum Gasteiger partial charge on any atom is 0.313 e. The van der Waals surface area contributed by atoms with Crippen molar-refractivity contribution in [3.05, 3.63) is 41.0 Å². The van der Waals surface area contributed by atoms with Gasteiger partial charge in [0.15, 0.2) is 5.78 Å². The van der Waals surface area contributed by atoms with Gasteiger partial charge in [0.25, 0.3) is 0 Å². The van der Waals surface area contributed by atoms with Gasteiger partial charge in [-0.05, 0) is 55.9 Å². The lowest BCUT2D eigenvalue weighted by Gasteiger charge is -2.19. The first-order chi connectivity index (χ1) is 9.41. The average molecular weight is 272 g/mol. The van der Waals surface area contributed by atoms with Gasteiger partial charge in [-0.3, -0.25) is 9.59 Å². The minimum absolute atomic E-state index is 0.242. The number of hydrogen-bond acceptors (Lipinski definition) is 2. The highest BCUT2D eigenvalue weighted by Crippen LogP contribution is 2.26. The Morgan fingerprint density at radius 2 is 1.75 bits per heavy atom. The molecule has 1 aliphatic rings. The van der Waals surface area contributed by atoms with Crippen LogP contribution in [0.3, 0.4) is 0 Å². The molecule has 20 heavy (non-hydrogen) atoms. The van der Waals surface area contributed by atoms with E-state index in [1.807, 2.05) is 30.3 Å². The maximum atomic E-state index is 11.8. The van der Waals surface area contributed by atoms with Crippen molar-refractivity contribution in [3.63, 3.8) is 0 Å². The van der Waals surface area contributed by atoms with Crippen LogP contribution >= 0.6 is 0 Å². The lowest BCUT2D eigenvalue weighted by molar-refractivity contribution is -0.142. The molecule has 0 saturated heterocycles. The molecule has 2 rings (SSSR count). The molecule has 0 atom stereocenters. The third kappa shape index (κ3) is 2.98. The number of carboxylic acids is 1. The molecule has 1 aliphatic carbocycles. The fraction of sp³-hybridized carbons (Fsp3) is 0.412. The highest BCUT2D eigenvalue weighted by molar-refractivity contribution is 6.00. The van der Waals surface area contributed by atoms with Crippen LogP contribution in [0.4, 0.5) is 0 Å². The summed E-state index contributed by atoms with van der Waals surface area (Å²) in [5, 5.41) is 9.20. The largest absolute Gasteiger partial charge is 0.481 e. The summed E-state index contributed by atoms with van der Waals surface area (Å²) in [6.07, 6.45) is 5.49. The van der Waals surface area contributed by atoms with E-state index in [1.54, 1.807) is 13.8 Å². The fourth-order valence-corrected chi connectivity index (χ4v) is 2.37. The van der Waals surface area contributed by atoms with Crippen LogP contribution < -0.4 is 0 Å². The lowest BCUT2D eigenvalue weighted by Crippen LogP contribution is -2.28. The Morgan fingerprint density at radius 1 is 1.15 bits per heavy atom. The second-order valence-electron chi connectivity index (χ2n) is 5.85. The highest BCUT2D eigenvalue weighted by Gasteiger charge is 2.29. The Kier molecular flexibility index (Phi) is 4.07. The van der Waals surface area contributed by atoms with E-state index in [0.717, 1.165) is 36.0 Å². The third-order valence-corrected chi connectivity index (χ3v) is 3.97. The molecule has 0 unspecified atom stereocenters. The van der Waals surface area contributed by atoms with Crippen molar-refractivity contribution < 1.29 is 14.7 Å². The van der Waals surface area contributed by atoms with E-state index in [0.29, 0.717) is 6.42 Å². The molecule has 0 radical (unpaired) electrons. The molecule has 3 nitrogen and oxygen atoms in total. The van der Waals surface area contributed by atoms with Gasteiger partial charge in [-0.15, -0.1) is 0 Å². The fourth-order valence-electron chi connectivity index (χ4n) is 2.37. The number of Topliss-reactive ketones (excluding diaryl/α,β-unsaturated/α-hetero) is 1. The number of rotatable bonds is 3. The number of aliphatic carboxylic acids is 1. The van der Waals surface area contributed by atoms with Crippen molar-refractivity contribution in [2.24, 2.45) is 0 Å².